The first-order valence-electron chi connectivity index (χ1n) is 10.9. The first-order chi connectivity index (χ1) is 15.9. The van der Waals surface area contributed by atoms with E-state index in [2.05, 4.69) is 15.2 Å². The third kappa shape index (κ3) is 4.18. The molecule has 0 radical (unpaired) electrons. The molecular formula is C23H23F2N5O3. The van der Waals surface area contributed by atoms with Gasteiger partial charge in [0.15, 0.2) is 0 Å². The SMILES string of the molecule is O=C1CCC(N2Cc3cc(N4CCN(Cc5cccc(F)n5)CC4)c(F)cc3C2=O)C(=O)N1. The number of imide groups is 1. The second-order valence-electron chi connectivity index (χ2n) is 8.58. The van der Waals surface area contributed by atoms with Crippen LogP contribution in [0.4, 0.5) is 14.5 Å². The lowest BCUT2D eigenvalue weighted by Crippen LogP contribution is -2.52. The largest absolute Gasteiger partial charge is 0.367 e. The van der Waals surface area contributed by atoms with Gasteiger partial charge in [-0.2, -0.15) is 4.39 Å². The topological polar surface area (TPSA) is 85.9 Å². The first kappa shape index (κ1) is 21.4. The summed E-state index contributed by atoms with van der Waals surface area (Å²) < 4.78 is 28.3. The number of amides is 3. The molecule has 1 atom stereocenters. The zero-order chi connectivity index (χ0) is 23.1. The molecule has 1 unspecified atom stereocenters. The average molecular weight is 455 g/mol. The lowest BCUT2D eigenvalue weighted by molar-refractivity contribution is -0.136. The third-order valence-electron chi connectivity index (χ3n) is 6.46. The summed E-state index contributed by atoms with van der Waals surface area (Å²) in [6.07, 6.45) is 0.438. The fourth-order valence-corrected chi connectivity index (χ4v) is 4.73. The van der Waals surface area contributed by atoms with Crippen LogP contribution in [0, 0.1) is 11.8 Å². The molecule has 0 spiro atoms. The summed E-state index contributed by atoms with van der Waals surface area (Å²) in [5.41, 5.74) is 2.01. The van der Waals surface area contributed by atoms with Crippen LogP contribution in [0.25, 0.3) is 0 Å². The first-order valence-corrected chi connectivity index (χ1v) is 10.9. The smallest absolute Gasteiger partial charge is 0.255 e. The summed E-state index contributed by atoms with van der Waals surface area (Å²) in [5.74, 6) is -2.21. The predicted molar refractivity (Wildman–Crippen MR) is 114 cm³/mol. The molecular weight excluding hydrogens is 432 g/mol. The van der Waals surface area contributed by atoms with Crippen LogP contribution in [0.2, 0.25) is 0 Å². The minimum absolute atomic E-state index is 0.172. The van der Waals surface area contributed by atoms with E-state index in [-0.39, 0.29) is 30.9 Å². The van der Waals surface area contributed by atoms with Gasteiger partial charge in [-0.15, -0.1) is 0 Å². The van der Waals surface area contributed by atoms with Crippen molar-refractivity contribution in [1.82, 2.24) is 20.1 Å². The Morgan fingerprint density at radius 1 is 1.06 bits per heavy atom. The molecule has 1 aromatic heterocycles. The van der Waals surface area contributed by atoms with Crippen LogP contribution in [0.15, 0.2) is 30.3 Å². The van der Waals surface area contributed by atoms with Crippen molar-refractivity contribution >= 4 is 23.4 Å². The molecule has 1 aromatic carbocycles. The van der Waals surface area contributed by atoms with Gasteiger partial charge in [-0.3, -0.25) is 24.6 Å². The quantitative estimate of drug-likeness (QED) is 0.555. The molecule has 0 saturated carbocycles. The van der Waals surface area contributed by atoms with Crippen molar-refractivity contribution in [3.05, 3.63) is 58.9 Å². The molecule has 0 aliphatic carbocycles. The second kappa shape index (κ2) is 8.51. The van der Waals surface area contributed by atoms with Gasteiger partial charge >= 0.3 is 0 Å². The summed E-state index contributed by atoms with van der Waals surface area (Å²) in [4.78, 5) is 45.9. The van der Waals surface area contributed by atoms with E-state index in [1.807, 2.05) is 4.90 Å². The number of aromatic nitrogens is 1. The Morgan fingerprint density at radius 3 is 2.58 bits per heavy atom. The number of halogens is 2. The Labute approximate surface area is 189 Å². The summed E-state index contributed by atoms with van der Waals surface area (Å²) in [6, 6.07) is 6.94. The number of piperidine rings is 1. The number of benzene rings is 1. The van der Waals surface area contributed by atoms with Gasteiger partial charge in [-0.25, -0.2) is 9.37 Å². The van der Waals surface area contributed by atoms with Crippen molar-refractivity contribution in [3.8, 4) is 0 Å². The maximum absolute atomic E-state index is 15.0. The van der Waals surface area contributed by atoms with Crippen LogP contribution >= 0.6 is 0 Å². The van der Waals surface area contributed by atoms with Crippen molar-refractivity contribution < 1.29 is 23.2 Å². The number of anilines is 1. The van der Waals surface area contributed by atoms with Crippen LogP contribution in [0.5, 0.6) is 0 Å². The fraction of sp³-hybridized carbons (Fsp3) is 0.391. The van der Waals surface area contributed by atoms with E-state index in [0.29, 0.717) is 49.7 Å². The zero-order valence-corrected chi connectivity index (χ0v) is 17.9. The Morgan fingerprint density at radius 2 is 1.85 bits per heavy atom. The normalized spacial score (nSPS) is 21.4. The number of carbonyl (C=O) groups is 3. The van der Waals surface area contributed by atoms with Crippen molar-refractivity contribution in [2.75, 3.05) is 31.1 Å². The number of pyridine rings is 1. The average Bonchev–Trinajstić information content (AvgIpc) is 3.09. The maximum Gasteiger partial charge on any atom is 0.255 e. The van der Waals surface area contributed by atoms with E-state index in [9.17, 15) is 23.2 Å². The van der Waals surface area contributed by atoms with Crippen LogP contribution in [-0.4, -0.2) is 64.7 Å². The molecule has 172 valence electrons. The summed E-state index contributed by atoms with van der Waals surface area (Å²) in [7, 11) is 0. The van der Waals surface area contributed by atoms with Crippen molar-refractivity contribution in [3.63, 3.8) is 0 Å². The van der Waals surface area contributed by atoms with Crippen molar-refractivity contribution in [1.29, 1.82) is 0 Å². The molecule has 3 amide bonds. The predicted octanol–water partition coefficient (Wildman–Crippen LogP) is 1.44. The summed E-state index contributed by atoms with van der Waals surface area (Å²) in [6.45, 7) is 3.21. The fourth-order valence-electron chi connectivity index (χ4n) is 4.73. The van der Waals surface area contributed by atoms with Gasteiger partial charge in [-0.1, -0.05) is 6.07 Å². The Hall–Kier alpha value is -3.40. The molecule has 3 aliphatic rings. The molecule has 2 saturated heterocycles. The minimum Gasteiger partial charge on any atom is -0.367 e. The molecule has 1 N–H and O–H groups in total. The molecule has 5 rings (SSSR count). The van der Waals surface area contributed by atoms with E-state index < -0.39 is 29.6 Å². The Kier molecular flexibility index (Phi) is 5.53. The van der Waals surface area contributed by atoms with Crippen LogP contribution in [0.3, 0.4) is 0 Å². The van der Waals surface area contributed by atoms with Gasteiger partial charge in [0.1, 0.15) is 11.9 Å². The highest BCUT2D eigenvalue weighted by Crippen LogP contribution is 2.33. The number of hydrogen-bond donors (Lipinski definition) is 1. The highest BCUT2D eigenvalue weighted by Gasteiger charge is 2.39. The summed E-state index contributed by atoms with van der Waals surface area (Å²) >= 11 is 0. The monoisotopic (exact) mass is 455 g/mol. The highest BCUT2D eigenvalue weighted by molar-refractivity contribution is 6.05. The van der Waals surface area contributed by atoms with Crippen LogP contribution in [0.1, 0.15) is 34.5 Å². The number of carbonyl (C=O) groups excluding carboxylic acids is 3. The molecule has 33 heavy (non-hydrogen) atoms. The molecule has 3 aliphatic heterocycles. The molecule has 2 fully saturated rings. The lowest BCUT2D eigenvalue weighted by atomic mass is 10.0. The lowest BCUT2D eigenvalue weighted by Gasteiger charge is -2.36. The Balaban J connectivity index is 1.27. The standard InChI is InChI=1S/C23H23F2N5O3/c24-17-11-16-14(12-30(23(16)33)18-4-5-21(31)27-22(18)32)10-19(17)29-8-6-28(7-9-29)13-15-2-1-3-20(25)26-15/h1-3,10-11,18H,4-9,12-13H2,(H,27,31,32). The van der Waals surface area contributed by atoms with E-state index in [0.717, 1.165) is 0 Å². The minimum atomic E-state index is -0.728. The number of rotatable bonds is 4. The van der Waals surface area contributed by atoms with Gasteiger partial charge in [0.2, 0.25) is 17.8 Å². The summed E-state index contributed by atoms with van der Waals surface area (Å²) in [5, 5.41) is 2.27. The molecule has 4 heterocycles. The second-order valence-corrected chi connectivity index (χ2v) is 8.58. The molecule has 2 aromatic rings. The number of nitrogens with zero attached hydrogens (tertiary/aromatic N) is 4. The highest BCUT2D eigenvalue weighted by atomic mass is 19.1. The van der Waals surface area contributed by atoms with Crippen molar-refractivity contribution in [2.24, 2.45) is 0 Å². The number of fused-ring (bicyclic) bond motifs is 1. The zero-order valence-electron chi connectivity index (χ0n) is 17.9. The Bertz CT molecular complexity index is 1130. The van der Waals surface area contributed by atoms with Gasteiger partial charge in [0, 0.05) is 51.3 Å². The molecule has 10 heteroatoms. The number of piperazine rings is 1. The van der Waals surface area contributed by atoms with Gasteiger partial charge in [0.25, 0.3) is 5.91 Å². The van der Waals surface area contributed by atoms with E-state index in [1.165, 1.54) is 17.0 Å². The number of nitrogens with one attached hydrogen (secondary N) is 1. The molecule has 8 nitrogen and oxygen atoms in total. The number of hydrogen-bond acceptors (Lipinski definition) is 6. The van der Waals surface area contributed by atoms with Crippen LogP contribution < -0.4 is 10.2 Å². The van der Waals surface area contributed by atoms with Gasteiger partial charge in [-0.05, 0) is 36.2 Å². The maximum atomic E-state index is 15.0. The van der Waals surface area contributed by atoms with E-state index >= 15 is 0 Å². The van der Waals surface area contributed by atoms with E-state index in [4.69, 9.17) is 0 Å². The van der Waals surface area contributed by atoms with Crippen molar-refractivity contribution in [2.45, 2.75) is 32.0 Å². The van der Waals surface area contributed by atoms with Gasteiger partial charge < -0.3 is 9.80 Å². The van der Waals surface area contributed by atoms with E-state index in [1.54, 1.807) is 18.2 Å². The molecule has 0 bridgehead atoms. The third-order valence-corrected chi connectivity index (χ3v) is 6.46. The van der Waals surface area contributed by atoms with Gasteiger partial charge in [0.05, 0.1) is 11.4 Å². The van der Waals surface area contributed by atoms with Crippen LogP contribution in [-0.2, 0) is 22.7 Å².